The van der Waals surface area contributed by atoms with Crippen LogP contribution in [0.25, 0.3) is 0 Å². The van der Waals surface area contributed by atoms with Crippen molar-refractivity contribution in [3.05, 3.63) is 30.1 Å². The molecule has 0 saturated heterocycles. The van der Waals surface area contributed by atoms with Crippen LogP contribution in [-0.4, -0.2) is 12.1 Å². The molecule has 0 spiro atoms. The fourth-order valence-electron chi connectivity index (χ4n) is 0.593. The fraction of sp³-hybridized carbons (Fsp3) is 0.125. The summed E-state index contributed by atoms with van der Waals surface area (Å²) < 4.78 is 15.2. The van der Waals surface area contributed by atoms with Gasteiger partial charge in [-0.3, -0.25) is 9.51 Å². The van der Waals surface area contributed by atoms with Crippen LogP contribution in [-0.2, 0) is 9.09 Å². The summed E-state index contributed by atoms with van der Waals surface area (Å²) in [5.74, 6) is 2.67. The van der Waals surface area contributed by atoms with Crippen molar-refractivity contribution >= 4 is 8.03 Å². The summed E-state index contributed by atoms with van der Waals surface area (Å²) >= 11 is 0. The lowest BCUT2D eigenvalue weighted by molar-refractivity contribution is 0.424. The Kier molecular flexibility index (Phi) is 3.40. The molecule has 1 heterocycles. The predicted molar refractivity (Wildman–Crippen MR) is 45.7 cm³/mol. The van der Waals surface area contributed by atoms with Crippen molar-refractivity contribution in [3.63, 3.8) is 0 Å². The number of hydrogen-bond acceptors (Lipinski definition) is 3. The molecule has 1 rings (SSSR count). The Morgan fingerprint density at radius 2 is 2.50 bits per heavy atom. The molecule has 61 valence electrons. The molecule has 0 aliphatic carbocycles. The fourth-order valence-corrected chi connectivity index (χ4v) is 0.904. The molecule has 1 atom stereocenters. The quantitative estimate of drug-likeness (QED) is 0.488. The second kappa shape index (κ2) is 4.61. The van der Waals surface area contributed by atoms with Crippen LogP contribution in [0.15, 0.2) is 24.5 Å². The highest BCUT2D eigenvalue weighted by molar-refractivity contribution is 7.45. The minimum absolute atomic E-state index is 0.734. The molecule has 0 bridgehead atoms. The minimum Gasteiger partial charge on any atom is -0.298 e. The zero-order valence-corrected chi connectivity index (χ0v) is 7.41. The van der Waals surface area contributed by atoms with Crippen LogP contribution < -0.4 is 0 Å². The van der Waals surface area contributed by atoms with Gasteiger partial charge >= 0.3 is 0 Å². The topological polar surface area (TPSA) is 39.2 Å². The molecule has 1 radical (unpaired) electrons. The Bertz CT molecular complexity index is 326. The first-order valence-corrected chi connectivity index (χ1v) is 4.43. The molecule has 0 N–H and O–H groups in total. The van der Waals surface area contributed by atoms with Gasteiger partial charge < -0.3 is 0 Å². The molecule has 1 aromatic heterocycles. The highest BCUT2D eigenvalue weighted by atomic mass is 31.1. The van der Waals surface area contributed by atoms with Crippen molar-refractivity contribution in [1.29, 1.82) is 0 Å². The van der Waals surface area contributed by atoms with Gasteiger partial charge in [0.2, 0.25) is 0 Å². The van der Waals surface area contributed by atoms with Crippen molar-refractivity contribution in [2.24, 2.45) is 0 Å². The first-order chi connectivity index (χ1) is 5.83. The molecular formula is C8H7NO2P. The Hall–Kier alpha value is -1.23. The van der Waals surface area contributed by atoms with E-state index in [1.165, 1.54) is 7.11 Å². The standard InChI is InChI=1S/C8H7NO2P/c1-11-12(10)6-4-8-3-2-5-9-7-8/h2-3,5,7H,1H3. The highest BCUT2D eigenvalue weighted by Crippen LogP contribution is 2.16. The molecule has 0 aliphatic rings. The van der Waals surface area contributed by atoms with E-state index in [2.05, 4.69) is 21.1 Å². The van der Waals surface area contributed by atoms with Gasteiger partial charge in [-0.25, -0.2) is 4.57 Å². The minimum atomic E-state index is -1.84. The Balaban J connectivity index is 2.74. The number of pyridine rings is 1. The lowest BCUT2D eigenvalue weighted by Gasteiger charge is -1.85. The van der Waals surface area contributed by atoms with Gasteiger partial charge in [-0.2, -0.15) is 0 Å². The molecule has 0 amide bonds. The van der Waals surface area contributed by atoms with Crippen LogP contribution >= 0.6 is 8.03 Å². The van der Waals surface area contributed by atoms with Crippen LogP contribution in [0.5, 0.6) is 0 Å². The maximum Gasteiger partial charge on any atom is 0.295 e. The first kappa shape index (κ1) is 8.86. The maximum atomic E-state index is 10.7. The molecule has 0 saturated carbocycles. The summed E-state index contributed by atoms with van der Waals surface area (Å²) in [5.41, 5.74) is 3.18. The third-order valence-electron chi connectivity index (χ3n) is 1.12. The summed E-state index contributed by atoms with van der Waals surface area (Å²) in [6.07, 6.45) is 3.26. The third kappa shape index (κ3) is 2.79. The Labute approximate surface area is 71.7 Å². The number of nitrogens with zero attached hydrogens (tertiary/aromatic N) is 1. The molecular weight excluding hydrogens is 173 g/mol. The largest absolute Gasteiger partial charge is 0.298 e. The van der Waals surface area contributed by atoms with E-state index >= 15 is 0 Å². The van der Waals surface area contributed by atoms with E-state index in [0.717, 1.165) is 5.56 Å². The third-order valence-corrected chi connectivity index (χ3v) is 1.74. The maximum absolute atomic E-state index is 10.7. The average molecular weight is 180 g/mol. The van der Waals surface area contributed by atoms with Gasteiger partial charge in [0, 0.05) is 30.7 Å². The molecule has 0 fully saturated rings. The molecule has 3 nitrogen and oxygen atoms in total. The molecule has 0 aromatic carbocycles. The van der Waals surface area contributed by atoms with E-state index in [9.17, 15) is 4.57 Å². The van der Waals surface area contributed by atoms with Crippen LogP contribution in [0.2, 0.25) is 0 Å². The van der Waals surface area contributed by atoms with E-state index in [1.807, 2.05) is 0 Å². The molecule has 1 aromatic rings. The molecule has 0 aliphatic heterocycles. The summed E-state index contributed by atoms with van der Waals surface area (Å²) in [7, 11) is -0.483. The van der Waals surface area contributed by atoms with Gasteiger partial charge in [0.25, 0.3) is 8.03 Å². The SMILES string of the molecule is CO[P](=O)C#Cc1cccnc1. The first-order valence-electron chi connectivity index (χ1n) is 3.26. The molecule has 4 heteroatoms. The second-order valence-electron chi connectivity index (χ2n) is 1.92. The summed E-state index contributed by atoms with van der Waals surface area (Å²) in [6, 6.07) is 3.56. The van der Waals surface area contributed by atoms with Crippen molar-refractivity contribution in [2.75, 3.05) is 7.11 Å². The summed E-state index contributed by atoms with van der Waals surface area (Å²) in [5, 5.41) is 0. The average Bonchev–Trinajstić information content (AvgIpc) is 2.16. The number of hydrogen-bond donors (Lipinski definition) is 0. The second-order valence-corrected chi connectivity index (χ2v) is 3.02. The molecule has 12 heavy (non-hydrogen) atoms. The van der Waals surface area contributed by atoms with Gasteiger partial charge in [-0.05, 0) is 12.1 Å². The van der Waals surface area contributed by atoms with Crippen LogP contribution in [0.1, 0.15) is 5.56 Å². The number of rotatable bonds is 1. The van der Waals surface area contributed by atoms with Crippen molar-refractivity contribution in [2.45, 2.75) is 0 Å². The lowest BCUT2D eigenvalue weighted by Crippen LogP contribution is -1.73. The smallest absolute Gasteiger partial charge is 0.295 e. The summed E-state index contributed by atoms with van der Waals surface area (Å²) in [4.78, 5) is 3.85. The van der Waals surface area contributed by atoms with E-state index in [-0.39, 0.29) is 0 Å². The van der Waals surface area contributed by atoms with E-state index in [1.54, 1.807) is 24.5 Å². The van der Waals surface area contributed by atoms with Gasteiger partial charge in [0.05, 0.1) is 0 Å². The van der Waals surface area contributed by atoms with Gasteiger partial charge in [0.15, 0.2) is 0 Å². The zero-order valence-electron chi connectivity index (χ0n) is 6.52. The van der Waals surface area contributed by atoms with Gasteiger partial charge in [0.1, 0.15) is 0 Å². The van der Waals surface area contributed by atoms with Crippen molar-refractivity contribution < 1.29 is 9.09 Å². The van der Waals surface area contributed by atoms with E-state index in [4.69, 9.17) is 0 Å². The van der Waals surface area contributed by atoms with Crippen LogP contribution in [0.3, 0.4) is 0 Å². The number of aromatic nitrogens is 1. The van der Waals surface area contributed by atoms with Gasteiger partial charge in [-0.1, -0.05) is 5.92 Å². The van der Waals surface area contributed by atoms with Crippen LogP contribution in [0, 0.1) is 11.6 Å². The van der Waals surface area contributed by atoms with Crippen LogP contribution in [0.4, 0.5) is 0 Å². The van der Waals surface area contributed by atoms with Crippen molar-refractivity contribution in [1.82, 2.24) is 4.98 Å². The highest BCUT2D eigenvalue weighted by Gasteiger charge is 1.88. The lowest BCUT2D eigenvalue weighted by atomic mass is 10.3. The Morgan fingerprint density at radius 1 is 1.67 bits per heavy atom. The predicted octanol–water partition coefficient (Wildman–Crippen LogP) is 1.78. The Morgan fingerprint density at radius 3 is 3.08 bits per heavy atom. The molecule has 1 unspecified atom stereocenters. The van der Waals surface area contributed by atoms with Gasteiger partial charge in [-0.15, -0.1) is 0 Å². The monoisotopic (exact) mass is 180 g/mol. The van der Waals surface area contributed by atoms with E-state index in [0.29, 0.717) is 0 Å². The zero-order chi connectivity index (χ0) is 8.81. The van der Waals surface area contributed by atoms with E-state index < -0.39 is 8.03 Å². The normalized spacial score (nSPS) is 9.92. The summed E-state index contributed by atoms with van der Waals surface area (Å²) in [6.45, 7) is 0. The van der Waals surface area contributed by atoms with Crippen molar-refractivity contribution in [3.8, 4) is 11.6 Å².